The number of amides is 4. The maximum atomic E-state index is 12.4. The molecule has 128 valence electrons. The summed E-state index contributed by atoms with van der Waals surface area (Å²) in [6.45, 7) is 4.58. The second kappa shape index (κ2) is 6.51. The van der Waals surface area contributed by atoms with E-state index >= 15 is 0 Å². The molecule has 0 radical (unpaired) electrons. The highest BCUT2D eigenvalue weighted by molar-refractivity contribution is 6.06. The zero-order chi connectivity index (χ0) is 17.2. The maximum Gasteiger partial charge on any atom is 0.322 e. The summed E-state index contributed by atoms with van der Waals surface area (Å²) in [6.07, 6.45) is 0.553. The zero-order valence-electron chi connectivity index (χ0n) is 13.7. The van der Waals surface area contributed by atoms with Gasteiger partial charge in [0.1, 0.15) is 5.54 Å². The Morgan fingerprint density at radius 1 is 1.12 bits per heavy atom. The second-order valence-electron chi connectivity index (χ2n) is 6.44. The predicted molar refractivity (Wildman–Crippen MR) is 89.5 cm³/mol. The number of nitrogens with one attached hydrogen (secondary N) is 2. The van der Waals surface area contributed by atoms with Crippen molar-refractivity contribution >= 4 is 23.5 Å². The number of hydrogen-bond acceptors (Lipinski definition) is 4. The highest BCUT2D eigenvalue weighted by atomic mass is 16.2. The van der Waals surface area contributed by atoms with Crippen LogP contribution in [0.1, 0.15) is 19.8 Å². The van der Waals surface area contributed by atoms with Gasteiger partial charge in [-0.25, -0.2) is 4.79 Å². The van der Waals surface area contributed by atoms with E-state index in [1.807, 2.05) is 23.1 Å². The highest BCUT2D eigenvalue weighted by Crippen LogP contribution is 2.19. The van der Waals surface area contributed by atoms with E-state index in [2.05, 4.69) is 27.7 Å². The fourth-order valence-electron chi connectivity index (χ4n) is 3.12. The molecule has 2 N–H and O–H groups in total. The van der Waals surface area contributed by atoms with Crippen LogP contribution >= 0.6 is 0 Å². The molecule has 7 nitrogen and oxygen atoms in total. The molecular formula is C17H22N4O3. The molecule has 2 aliphatic heterocycles. The van der Waals surface area contributed by atoms with Crippen LogP contribution < -0.4 is 15.5 Å². The molecule has 1 atom stereocenters. The number of anilines is 1. The summed E-state index contributed by atoms with van der Waals surface area (Å²) in [7, 11) is 0. The van der Waals surface area contributed by atoms with Crippen molar-refractivity contribution in [3.8, 4) is 0 Å². The highest BCUT2D eigenvalue weighted by Gasteiger charge is 2.42. The van der Waals surface area contributed by atoms with Crippen LogP contribution in [-0.2, 0) is 9.59 Å². The fourth-order valence-corrected chi connectivity index (χ4v) is 3.12. The molecule has 2 heterocycles. The average Bonchev–Trinajstić information content (AvgIpc) is 2.86. The Balaban J connectivity index is 1.49. The van der Waals surface area contributed by atoms with Gasteiger partial charge < -0.3 is 15.1 Å². The van der Waals surface area contributed by atoms with Gasteiger partial charge in [0.05, 0.1) is 0 Å². The van der Waals surface area contributed by atoms with E-state index in [9.17, 15) is 14.4 Å². The summed E-state index contributed by atoms with van der Waals surface area (Å²) in [5.41, 5.74) is 0.181. The molecule has 0 saturated carbocycles. The van der Waals surface area contributed by atoms with E-state index in [4.69, 9.17) is 0 Å². The molecule has 2 saturated heterocycles. The summed E-state index contributed by atoms with van der Waals surface area (Å²) in [4.78, 5) is 39.5. The topological polar surface area (TPSA) is 81.8 Å². The minimum absolute atomic E-state index is 0.0258. The van der Waals surface area contributed by atoms with Gasteiger partial charge in [-0.1, -0.05) is 18.2 Å². The predicted octanol–water partition coefficient (Wildman–Crippen LogP) is 0.714. The summed E-state index contributed by atoms with van der Waals surface area (Å²) >= 11 is 0. The maximum absolute atomic E-state index is 12.4. The minimum Gasteiger partial charge on any atom is -0.368 e. The van der Waals surface area contributed by atoms with Gasteiger partial charge in [0.2, 0.25) is 5.91 Å². The Labute approximate surface area is 141 Å². The van der Waals surface area contributed by atoms with E-state index in [1.54, 1.807) is 6.92 Å². The molecule has 1 aromatic carbocycles. The van der Waals surface area contributed by atoms with Crippen molar-refractivity contribution in [1.82, 2.24) is 15.5 Å². The fraction of sp³-hybridized carbons (Fsp3) is 0.471. The molecule has 3 rings (SSSR count). The number of piperazine rings is 1. The molecular weight excluding hydrogens is 308 g/mol. The molecule has 0 bridgehead atoms. The molecule has 1 aromatic rings. The van der Waals surface area contributed by atoms with Crippen LogP contribution in [0.2, 0.25) is 0 Å². The van der Waals surface area contributed by atoms with E-state index < -0.39 is 11.6 Å². The molecule has 0 aromatic heterocycles. The third-order valence-electron chi connectivity index (χ3n) is 4.71. The molecule has 0 spiro atoms. The van der Waals surface area contributed by atoms with Crippen molar-refractivity contribution in [2.75, 3.05) is 31.1 Å². The number of hydrogen-bond donors (Lipinski definition) is 2. The van der Waals surface area contributed by atoms with Gasteiger partial charge in [-0.2, -0.15) is 0 Å². The first-order valence-electron chi connectivity index (χ1n) is 8.19. The van der Waals surface area contributed by atoms with Gasteiger partial charge >= 0.3 is 6.03 Å². The van der Waals surface area contributed by atoms with E-state index in [0.717, 1.165) is 13.1 Å². The Morgan fingerprint density at radius 3 is 2.38 bits per heavy atom. The average molecular weight is 330 g/mol. The summed E-state index contributed by atoms with van der Waals surface area (Å²) < 4.78 is 0. The standard InChI is InChI=1S/C17H22N4O3/c1-17(15(23)18-16(24)19-17)8-7-14(22)21-11-9-20(10-12-21)13-5-3-2-4-6-13/h2-6H,7-12H2,1H3,(H2,18,19,23,24). The van der Waals surface area contributed by atoms with Gasteiger partial charge in [0.25, 0.3) is 5.91 Å². The number of carbonyl (C=O) groups is 3. The van der Waals surface area contributed by atoms with Gasteiger partial charge in [0.15, 0.2) is 0 Å². The van der Waals surface area contributed by atoms with Gasteiger partial charge in [0, 0.05) is 38.3 Å². The van der Waals surface area contributed by atoms with E-state index in [0.29, 0.717) is 19.5 Å². The summed E-state index contributed by atoms with van der Waals surface area (Å²) in [5, 5.41) is 4.80. The van der Waals surface area contributed by atoms with Crippen molar-refractivity contribution in [2.45, 2.75) is 25.3 Å². The third kappa shape index (κ3) is 3.34. The van der Waals surface area contributed by atoms with Crippen LogP contribution in [0.25, 0.3) is 0 Å². The largest absolute Gasteiger partial charge is 0.368 e. The van der Waals surface area contributed by atoms with Gasteiger partial charge in [-0.15, -0.1) is 0 Å². The first-order valence-corrected chi connectivity index (χ1v) is 8.19. The van der Waals surface area contributed by atoms with Crippen LogP contribution in [0.3, 0.4) is 0 Å². The third-order valence-corrected chi connectivity index (χ3v) is 4.71. The lowest BCUT2D eigenvalue weighted by atomic mass is 9.96. The Bertz CT molecular complexity index is 640. The number of urea groups is 1. The molecule has 24 heavy (non-hydrogen) atoms. The van der Waals surface area contributed by atoms with Crippen molar-refractivity contribution < 1.29 is 14.4 Å². The number of rotatable bonds is 4. The SMILES string of the molecule is CC1(CCC(=O)N2CCN(c3ccccc3)CC2)NC(=O)NC1=O. The lowest BCUT2D eigenvalue weighted by Crippen LogP contribution is -2.50. The molecule has 1 unspecified atom stereocenters. The normalized spacial score (nSPS) is 23.9. The number of para-hydroxylation sites is 1. The zero-order valence-corrected chi connectivity index (χ0v) is 13.7. The lowest BCUT2D eigenvalue weighted by molar-refractivity contribution is -0.132. The smallest absolute Gasteiger partial charge is 0.322 e. The summed E-state index contributed by atoms with van der Waals surface area (Å²) in [5.74, 6) is -0.341. The first-order chi connectivity index (χ1) is 11.5. The van der Waals surface area contributed by atoms with Crippen LogP contribution in [0, 0.1) is 0 Å². The second-order valence-corrected chi connectivity index (χ2v) is 6.44. The monoisotopic (exact) mass is 330 g/mol. The van der Waals surface area contributed by atoms with Crippen molar-refractivity contribution in [3.63, 3.8) is 0 Å². The Kier molecular flexibility index (Phi) is 4.42. The van der Waals surface area contributed by atoms with Crippen LogP contribution in [0.5, 0.6) is 0 Å². The van der Waals surface area contributed by atoms with Crippen LogP contribution in [0.15, 0.2) is 30.3 Å². The summed E-state index contributed by atoms with van der Waals surface area (Å²) in [6, 6.07) is 9.65. The number of carbonyl (C=O) groups excluding carboxylic acids is 3. The number of benzene rings is 1. The molecule has 2 fully saturated rings. The lowest BCUT2D eigenvalue weighted by Gasteiger charge is -2.36. The van der Waals surface area contributed by atoms with E-state index in [1.165, 1.54) is 5.69 Å². The molecule has 2 aliphatic rings. The van der Waals surface area contributed by atoms with Gasteiger partial charge in [-0.3, -0.25) is 14.9 Å². The van der Waals surface area contributed by atoms with Crippen LogP contribution in [-0.4, -0.2) is 54.5 Å². The Morgan fingerprint density at radius 2 is 1.79 bits per heavy atom. The molecule has 0 aliphatic carbocycles. The van der Waals surface area contributed by atoms with E-state index in [-0.39, 0.29) is 18.2 Å². The van der Waals surface area contributed by atoms with Crippen molar-refractivity contribution in [3.05, 3.63) is 30.3 Å². The van der Waals surface area contributed by atoms with Crippen molar-refractivity contribution in [2.24, 2.45) is 0 Å². The van der Waals surface area contributed by atoms with Crippen LogP contribution in [0.4, 0.5) is 10.5 Å². The molecule has 4 amide bonds. The Hall–Kier alpha value is -2.57. The minimum atomic E-state index is -0.987. The number of imide groups is 1. The van der Waals surface area contributed by atoms with Crippen molar-refractivity contribution in [1.29, 1.82) is 0 Å². The number of nitrogens with zero attached hydrogens (tertiary/aromatic N) is 2. The van der Waals surface area contributed by atoms with Gasteiger partial charge in [-0.05, 0) is 25.5 Å². The first kappa shape index (κ1) is 16.3. The molecule has 7 heteroatoms. The quantitative estimate of drug-likeness (QED) is 0.797.